The molecule has 0 aromatic heterocycles. The number of hydrogen-bond donors (Lipinski definition) is 2. The Morgan fingerprint density at radius 3 is 2.29 bits per heavy atom. The first-order valence-electron chi connectivity index (χ1n) is 5.25. The second-order valence-corrected chi connectivity index (χ2v) is 3.82. The van der Waals surface area contributed by atoms with Crippen molar-refractivity contribution in [3.8, 4) is 16.9 Å². The van der Waals surface area contributed by atoms with Gasteiger partial charge in [0.1, 0.15) is 5.75 Å². The predicted octanol–water partition coefficient (Wildman–Crippen LogP) is 2.69. The lowest BCUT2D eigenvalue weighted by Gasteiger charge is -2.04. The zero-order valence-electron chi connectivity index (χ0n) is 9.13. The number of carboxylic acids is 1. The van der Waals surface area contributed by atoms with E-state index in [1.807, 2.05) is 24.3 Å². The van der Waals surface area contributed by atoms with Gasteiger partial charge in [0, 0.05) is 0 Å². The number of carboxylic acid groups (broad SMARTS) is 1. The molecule has 2 aromatic carbocycles. The molecule has 0 aliphatic rings. The maximum atomic E-state index is 10.6. The van der Waals surface area contributed by atoms with Crippen LogP contribution in [0, 0.1) is 0 Å². The molecular formula is C14H12O3. The van der Waals surface area contributed by atoms with E-state index in [-0.39, 0.29) is 12.2 Å². The molecular weight excluding hydrogens is 216 g/mol. The van der Waals surface area contributed by atoms with Gasteiger partial charge in [0.05, 0.1) is 6.42 Å². The first-order valence-corrected chi connectivity index (χ1v) is 5.25. The molecule has 0 amide bonds. The van der Waals surface area contributed by atoms with Crippen LogP contribution in [-0.2, 0) is 11.2 Å². The number of benzene rings is 2. The van der Waals surface area contributed by atoms with Gasteiger partial charge in [0.2, 0.25) is 0 Å². The Hall–Kier alpha value is -2.29. The van der Waals surface area contributed by atoms with Gasteiger partial charge in [0.15, 0.2) is 0 Å². The molecule has 2 rings (SSSR count). The molecule has 17 heavy (non-hydrogen) atoms. The van der Waals surface area contributed by atoms with Crippen molar-refractivity contribution in [3.63, 3.8) is 0 Å². The highest BCUT2D eigenvalue weighted by molar-refractivity contribution is 5.72. The largest absolute Gasteiger partial charge is 0.508 e. The van der Waals surface area contributed by atoms with Gasteiger partial charge in [-0.2, -0.15) is 0 Å². The molecule has 0 radical (unpaired) electrons. The Labute approximate surface area is 99.0 Å². The molecule has 0 atom stereocenters. The number of aromatic hydroxyl groups is 1. The van der Waals surface area contributed by atoms with E-state index >= 15 is 0 Å². The highest BCUT2D eigenvalue weighted by Gasteiger charge is 2.03. The zero-order chi connectivity index (χ0) is 12.3. The van der Waals surface area contributed by atoms with E-state index in [0.29, 0.717) is 0 Å². The quantitative estimate of drug-likeness (QED) is 0.849. The molecule has 0 aliphatic carbocycles. The first-order chi connectivity index (χ1) is 8.15. The van der Waals surface area contributed by atoms with Crippen LogP contribution in [-0.4, -0.2) is 16.2 Å². The summed E-state index contributed by atoms with van der Waals surface area (Å²) in [6.45, 7) is 0. The van der Waals surface area contributed by atoms with E-state index in [0.717, 1.165) is 16.7 Å². The number of hydrogen-bond acceptors (Lipinski definition) is 2. The average Bonchev–Trinajstić information content (AvgIpc) is 2.28. The molecule has 2 N–H and O–H groups in total. The van der Waals surface area contributed by atoms with Crippen molar-refractivity contribution in [2.24, 2.45) is 0 Å². The Bertz CT molecular complexity index is 547. The monoisotopic (exact) mass is 228 g/mol. The van der Waals surface area contributed by atoms with Gasteiger partial charge in [-0.05, 0) is 28.8 Å². The number of phenols is 1. The Kier molecular flexibility index (Phi) is 3.10. The lowest BCUT2D eigenvalue weighted by molar-refractivity contribution is -0.136. The van der Waals surface area contributed by atoms with E-state index in [1.54, 1.807) is 24.3 Å². The van der Waals surface area contributed by atoms with Crippen molar-refractivity contribution >= 4 is 5.97 Å². The fraction of sp³-hybridized carbons (Fsp3) is 0.0714. The van der Waals surface area contributed by atoms with Crippen molar-refractivity contribution in [2.75, 3.05) is 0 Å². The van der Waals surface area contributed by atoms with Gasteiger partial charge in [-0.15, -0.1) is 0 Å². The second-order valence-electron chi connectivity index (χ2n) is 3.82. The Morgan fingerprint density at radius 1 is 1.00 bits per heavy atom. The van der Waals surface area contributed by atoms with Crippen molar-refractivity contribution in [2.45, 2.75) is 6.42 Å². The van der Waals surface area contributed by atoms with E-state index in [4.69, 9.17) is 5.11 Å². The fourth-order valence-electron chi connectivity index (χ4n) is 1.72. The average molecular weight is 228 g/mol. The van der Waals surface area contributed by atoms with Gasteiger partial charge < -0.3 is 10.2 Å². The van der Waals surface area contributed by atoms with Crippen molar-refractivity contribution in [3.05, 3.63) is 54.1 Å². The summed E-state index contributed by atoms with van der Waals surface area (Å²) in [6.07, 6.45) is 0.00660. The molecule has 0 heterocycles. The summed E-state index contributed by atoms with van der Waals surface area (Å²) in [6, 6.07) is 14.2. The number of aliphatic carboxylic acids is 1. The van der Waals surface area contributed by atoms with Crippen LogP contribution in [0.2, 0.25) is 0 Å². The summed E-state index contributed by atoms with van der Waals surface area (Å²) in [5.41, 5.74) is 2.52. The minimum Gasteiger partial charge on any atom is -0.508 e. The van der Waals surface area contributed by atoms with Gasteiger partial charge in [-0.25, -0.2) is 0 Å². The molecule has 3 heteroatoms. The topological polar surface area (TPSA) is 57.5 Å². The van der Waals surface area contributed by atoms with Gasteiger partial charge in [0.25, 0.3) is 0 Å². The van der Waals surface area contributed by atoms with Crippen LogP contribution < -0.4 is 0 Å². The normalized spacial score (nSPS) is 10.1. The van der Waals surface area contributed by atoms with Crippen LogP contribution in [0.1, 0.15) is 5.56 Å². The standard InChI is InChI=1S/C14H12O3/c15-13-6-2-5-12(9-13)11-4-1-3-10(7-11)8-14(16)17/h1-7,9,15H,8H2,(H,16,17). The van der Waals surface area contributed by atoms with Crippen molar-refractivity contribution in [1.29, 1.82) is 0 Å². The van der Waals surface area contributed by atoms with Gasteiger partial charge in [-0.3, -0.25) is 4.79 Å². The molecule has 3 nitrogen and oxygen atoms in total. The number of phenolic OH excluding ortho intramolecular Hbond substituents is 1. The van der Waals surface area contributed by atoms with Gasteiger partial charge >= 0.3 is 5.97 Å². The maximum absolute atomic E-state index is 10.6. The molecule has 0 fully saturated rings. The van der Waals surface area contributed by atoms with Crippen LogP contribution in [0.3, 0.4) is 0 Å². The third-order valence-corrected chi connectivity index (χ3v) is 2.46. The lowest BCUT2D eigenvalue weighted by Crippen LogP contribution is -1.99. The summed E-state index contributed by atoms with van der Waals surface area (Å²) < 4.78 is 0. The smallest absolute Gasteiger partial charge is 0.307 e. The molecule has 0 saturated heterocycles. The van der Waals surface area contributed by atoms with E-state index in [1.165, 1.54) is 0 Å². The minimum absolute atomic E-state index is 0.00660. The van der Waals surface area contributed by atoms with E-state index < -0.39 is 5.97 Å². The van der Waals surface area contributed by atoms with E-state index in [9.17, 15) is 9.90 Å². The molecule has 2 aromatic rings. The zero-order valence-corrected chi connectivity index (χ0v) is 9.13. The van der Waals surface area contributed by atoms with Crippen LogP contribution in [0.5, 0.6) is 5.75 Å². The molecule has 0 saturated carbocycles. The summed E-state index contributed by atoms with van der Waals surface area (Å²) in [7, 11) is 0. The second kappa shape index (κ2) is 4.70. The van der Waals surface area contributed by atoms with Crippen molar-refractivity contribution < 1.29 is 15.0 Å². The number of carbonyl (C=O) groups is 1. The molecule has 0 bridgehead atoms. The van der Waals surface area contributed by atoms with Crippen LogP contribution in [0.15, 0.2) is 48.5 Å². The molecule has 0 spiro atoms. The summed E-state index contributed by atoms with van der Waals surface area (Å²) >= 11 is 0. The number of rotatable bonds is 3. The Balaban J connectivity index is 2.36. The van der Waals surface area contributed by atoms with E-state index in [2.05, 4.69) is 0 Å². The SMILES string of the molecule is O=C(O)Cc1cccc(-c2cccc(O)c2)c1. The Morgan fingerprint density at radius 2 is 1.65 bits per heavy atom. The lowest BCUT2D eigenvalue weighted by atomic mass is 10.0. The first kappa shape index (κ1) is 11.2. The third kappa shape index (κ3) is 2.84. The molecule has 86 valence electrons. The van der Waals surface area contributed by atoms with Crippen LogP contribution in [0.25, 0.3) is 11.1 Å². The third-order valence-electron chi connectivity index (χ3n) is 2.46. The highest BCUT2D eigenvalue weighted by atomic mass is 16.4. The maximum Gasteiger partial charge on any atom is 0.307 e. The van der Waals surface area contributed by atoms with Crippen molar-refractivity contribution in [1.82, 2.24) is 0 Å². The molecule has 0 aliphatic heterocycles. The van der Waals surface area contributed by atoms with Gasteiger partial charge in [-0.1, -0.05) is 36.4 Å². The fourth-order valence-corrected chi connectivity index (χ4v) is 1.72. The molecule has 0 unspecified atom stereocenters. The highest BCUT2D eigenvalue weighted by Crippen LogP contribution is 2.24. The summed E-state index contributed by atoms with van der Waals surface area (Å²) in [4.78, 5) is 10.6. The minimum atomic E-state index is -0.849. The predicted molar refractivity (Wildman–Crippen MR) is 64.9 cm³/mol. The summed E-state index contributed by atoms with van der Waals surface area (Å²) in [5, 5.41) is 18.1. The van der Waals surface area contributed by atoms with Crippen LogP contribution >= 0.6 is 0 Å². The summed E-state index contributed by atoms with van der Waals surface area (Å²) in [5.74, 6) is -0.649. The van der Waals surface area contributed by atoms with Crippen LogP contribution in [0.4, 0.5) is 0 Å².